The van der Waals surface area contributed by atoms with Gasteiger partial charge < -0.3 is 10.2 Å². The number of amides is 1. The second kappa shape index (κ2) is 10.3. The van der Waals surface area contributed by atoms with Crippen LogP contribution in [0.1, 0.15) is 31.7 Å². The van der Waals surface area contributed by atoms with Crippen molar-refractivity contribution in [2.75, 3.05) is 25.5 Å². The monoisotopic (exact) mass is 407 g/mol. The molecular weight excluding hydrogens is 378 g/mol. The summed E-state index contributed by atoms with van der Waals surface area (Å²) < 4.78 is 0. The highest BCUT2D eigenvalue weighted by Crippen LogP contribution is 2.31. The number of aromatic nitrogens is 1. The first-order valence-electron chi connectivity index (χ1n) is 10.2. The van der Waals surface area contributed by atoms with E-state index in [4.69, 9.17) is 4.98 Å². The van der Waals surface area contributed by atoms with Gasteiger partial charge in [-0.25, -0.2) is 4.98 Å². The van der Waals surface area contributed by atoms with Gasteiger partial charge in [0.15, 0.2) is 0 Å². The van der Waals surface area contributed by atoms with Crippen LogP contribution in [0.25, 0.3) is 21.8 Å². The molecule has 0 spiro atoms. The van der Waals surface area contributed by atoms with Gasteiger partial charge >= 0.3 is 0 Å². The van der Waals surface area contributed by atoms with Gasteiger partial charge in [-0.1, -0.05) is 49.7 Å². The van der Waals surface area contributed by atoms with Crippen LogP contribution in [0.2, 0.25) is 0 Å². The number of benzene rings is 2. The summed E-state index contributed by atoms with van der Waals surface area (Å²) in [5.41, 5.74) is 5.25. The molecule has 0 aliphatic rings. The predicted octanol–water partition coefficient (Wildman–Crippen LogP) is 5.85. The molecule has 0 saturated heterocycles. The van der Waals surface area contributed by atoms with Gasteiger partial charge in [-0.15, -0.1) is 11.3 Å². The van der Waals surface area contributed by atoms with E-state index < -0.39 is 0 Å². The molecule has 0 aliphatic carbocycles. The molecule has 0 unspecified atom stereocenters. The van der Waals surface area contributed by atoms with Crippen LogP contribution < -0.4 is 5.32 Å². The van der Waals surface area contributed by atoms with Crippen LogP contribution in [0, 0.1) is 6.92 Å². The molecule has 1 N–H and O–H groups in total. The fourth-order valence-corrected chi connectivity index (χ4v) is 4.04. The van der Waals surface area contributed by atoms with Crippen LogP contribution in [-0.4, -0.2) is 35.9 Å². The number of hydrogen-bond donors (Lipinski definition) is 1. The van der Waals surface area contributed by atoms with E-state index in [1.807, 2.05) is 36.4 Å². The maximum atomic E-state index is 12.2. The molecule has 0 saturated carbocycles. The lowest BCUT2D eigenvalue weighted by Gasteiger charge is -2.15. The highest BCUT2D eigenvalue weighted by atomic mass is 32.1. The number of nitrogens with zero attached hydrogens (tertiary/aromatic N) is 2. The molecule has 3 aromatic rings. The van der Waals surface area contributed by atoms with Crippen molar-refractivity contribution >= 4 is 22.9 Å². The van der Waals surface area contributed by atoms with Gasteiger partial charge in [0.05, 0.1) is 5.69 Å². The van der Waals surface area contributed by atoms with E-state index in [-0.39, 0.29) is 5.91 Å². The van der Waals surface area contributed by atoms with E-state index >= 15 is 0 Å². The average molecular weight is 408 g/mol. The lowest BCUT2D eigenvalue weighted by molar-refractivity contribution is -0.116. The van der Waals surface area contributed by atoms with E-state index in [2.05, 4.69) is 48.6 Å². The zero-order chi connectivity index (χ0) is 20.6. The SMILES string of the molecule is CCCCN(C)CCC(=O)Nc1ccc(-c2csc(-c3ccccc3C)n2)cc1. The summed E-state index contributed by atoms with van der Waals surface area (Å²) in [5, 5.41) is 6.10. The molecule has 2 aromatic carbocycles. The Labute approximate surface area is 177 Å². The van der Waals surface area contributed by atoms with E-state index in [9.17, 15) is 4.79 Å². The molecule has 29 heavy (non-hydrogen) atoms. The van der Waals surface area contributed by atoms with Gasteiger partial charge in [0.2, 0.25) is 5.91 Å². The summed E-state index contributed by atoms with van der Waals surface area (Å²) >= 11 is 1.66. The molecule has 1 aromatic heterocycles. The normalized spacial score (nSPS) is 11.0. The van der Waals surface area contributed by atoms with Crippen molar-refractivity contribution in [3.8, 4) is 21.8 Å². The summed E-state index contributed by atoms with van der Waals surface area (Å²) in [5.74, 6) is 0.0524. The van der Waals surface area contributed by atoms with Gasteiger partial charge in [-0.2, -0.15) is 0 Å². The minimum absolute atomic E-state index is 0.0524. The largest absolute Gasteiger partial charge is 0.326 e. The number of anilines is 1. The zero-order valence-corrected chi connectivity index (χ0v) is 18.3. The van der Waals surface area contributed by atoms with E-state index in [1.165, 1.54) is 24.0 Å². The molecule has 0 bridgehead atoms. The minimum Gasteiger partial charge on any atom is -0.326 e. The molecule has 5 heteroatoms. The van der Waals surface area contributed by atoms with Crippen LogP contribution in [0.5, 0.6) is 0 Å². The molecule has 1 heterocycles. The molecule has 1 amide bonds. The number of aryl methyl sites for hydroxylation is 1. The smallest absolute Gasteiger partial charge is 0.225 e. The Bertz CT molecular complexity index is 933. The molecule has 0 atom stereocenters. The second-order valence-electron chi connectivity index (χ2n) is 7.39. The fourth-order valence-electron chi connectivity index (χ4n) is 3.12. The number of rotatable bonds is 9. The van der Waals surface area contributed by atoms with E-state index in [0.29, 0.717) is 6.42 Å². The number of unbranched alkanes of at least 4 members (excludes halogenated alkanes) is 1. The van der Waals surface area contributed by atoms with Crippen LogP contribution in [-0.2, 0) is 4.79 Å². The van der Waals surface area contributed by atoms with E-state index in [1.54, 1.807) is 11.3 Å². The maximum absolute atomic E-state index is 12.2. The standard InChI is InChI=1S/C24H29N3OS/c1-4-5-15-27(3)16-14-23(28)25-20-12-10-19(11-13-20)22-17-29-24(26-22)21-9-7-6-8-18(21)2/h6-13,17H,4-5,14-16H2,1-3H3,(H,25,28). The molecule has 0 radical (unpaired) electrons. The summed E-state index contributed by atoms with van der Waals surface area (Å²) in [6, 6.07) is 16.2. The first kappa shape index (κ1) is 21.2. The fraction of sp³-hybridized carbons (Fsp3) is 0.333. The minimum atomic E-state index is 0.0524. The molecule has 3 rings (SSSR count). The Morgan fingerprint density at radius 2 is 1.86 bits per heavy atom. The van der Waals surface area contributed by atoms with Gasteiger partial charge in [0.1, 0.15) is 5.01 Å². The van der Waals surface area contributed by atoms with E-state index in [0.717, 1.165) is 35.0 Å². The summed E-state index contributed by atoms with van der Waals surface area (Å²) in [6.45, 7) is 6.11. The van der Waals surface area contributed by atoms with Crippen molar-refractivity contribution in [3.05, 3.63) is 59.5 Å². The lowest BCUT2D eigenvalue weighted by atomic mass is 10.1. The molecule has 0 fully saturated rings. The number of carbonyl (C=O) groups is 1. The summed E-state index contributed by atoms with van der Waals surface area (Å²) in [6.07, 6.45) is 2.85. The van der Waals surface area contributed by atoms with Crippen LogP contribution in [0.4, 0.5) is 5.69 Å². The molecule has 0 aliphatic heterocycles. The second-order valence-corrected chi connectivity index (χ2v) is 8.24. The van der Waals surface area contributed by atoms with Crippen molar-refractivity contribution in [3.63, 3.8) is 0 Å². The van der Waals surface area contributed by atoms with Crippen LogP contribution >= 0.6 is 11.3 Å². The first-order chi connectivity index (χ1) is 14.1. The Kier molecular flexibility index (Phi) is 7.55. The third-order valence-electron chi connectivity index (χ3n) is 4.96. The van der Waals surface area contributed by atoms with Crippen molar-refractivity contribution < 1.29 is 4.79 Å². The Hall–Kier alpha value is -2.50. The predicted molar refractivity (Wildman–Crippen MR) is 123 cm³/mol. The number of hydrogen-bond acceptors (Lipinski definition) is 4. The summed E-state index contributed by atoms with van der Waals surface area (Å²) in [7, 11) is 2.07. The number of nitrogens with one attached hydrogen (secondary N) is 1. The molecular formula is C24H29N3OS. The van der Waals surface area contributed by atoms with Crippen molar-refractivity contribution in [2.45, 2.75) is 33.1 Å². The maximum Gasteiger partial charge on any atom is 0.225 e. The first-order valence-corrected chi connectivity index (χ1v) is 11.0. The quantitative estimate of drug-likeness (QED) is 0.484. The highest BCUT2D eigenvalue weighted by molar-refractivity contribution is 7.13. The Morgan fingerprint density at radius 3 is 2.59 bits per heavy atom. The van der Waals surface area contributed by atoms with Gasteiger partial charge in [-0.05, 0) is 44.6 Å². The molecule has 152 valence electrons. The zero-order valence-electron chi connectivity index (χ0n) is 17.4. The average Bonchev–Trinajstić information content (AvgIpc) is 3.21. The Morgan fingerprint density at radius 1 is 1.10 bits per heavy atom. The Balaban J connectivity index is 1.58. The topological polar surface area (TPSA) is 45.2 Å². The summed E-state index contributed by atoms with van der Waals surface area (Å²) in [4.78, 5) is 19.2. The number of carbonyl (C=O) groups excluding carboxylic acids is 1. The third-order valence-corrected chi connectivity index (χ3v) is 5.83. The van der Waals surface area contributed by atoms with Crippen LogP contribution in [0.3, 0.4) is 0 Å². The number of thiazole rings is 1. The van der Waals surface area contributed by atoms with Gasteiger partial charge in [-0.3, -0.25) is 4.79 Å². The van der Waals surface area contributed by atoms with Crippen LogP contribution in [0.15, 0.2) is 53.9 Å². The van der Waals surface area contributed by atoms with Crippen molar-refractivity contribution in [2.24, 2.45) is 0 Å². The highest BCUT2D eigenvalue weighted by Gasteiger charge is 2.09. The molecule has 4 nitrogen and oxygen atoms in total. The van der Waals surface area contributed by atoms with Crippen molar-refractivity contribution in [1.82, 2.24) is 9.88 Å². The van der Waals surface area contributed by atoms with Gasteiger partial charge in [0, 0.05) is 35.2 Å². The van der Waals surface area contributed by atoms with Crippen molar-refractivity contribution in [1.29, 1.82) is 0 Å². The van der Waals surface area contributed by atoms with Gasteiger partial charge in [0.25, 0.3) is 0 Å². The third kappa shape index (κ3) is 5.99. The lowest BCUT2D eigenvalue weighted by Crippen LogP contribution is -2.25.